The van der Waals surface area contributed by atoms with Crippen LogP contribution in [0.5, 0.6) is 0 Å². The van der Waals surface area contributed by atoms with Crippen molar-refractivity contribution in [2.75, 3.05) is 5.75 Å². The van der Waals surface area contributed by atoms with Gasteiger partial charge < -0.3 is 0 Å². The van der Waals surface area contributed by atoms with Crippen LogP contribution in [0.15, 0.2) is 29.2 Å². The predicted octanol–water partition coefficient (Wildman–Crippen LogP) is 4.16. The second kappa shape index (κ2) is 7.02. The first-order valence-electron chi connectivity index (χ1n) is 5.02. The summed E-state index contributed by atoms with van der Waals surface area (Å²) >= 11 is 1.95. The van der Waals surface area contributed by atoms with Gasteiger partial charge >= 0.3 is 0 Å². The largest absolute Gasteiger partial charge is 0.126 e. The summed E-state index contributed by atoms with van der Waals surface area (Å²) in [7, 11) is 0. The normalized spacial score (nSPS) is 10.2. The van der Waals surface area contributed by atoms with E-state index in [-0.39, 0.29) is 0 Å². The number of thioether (sulfide) groups is 1. The van der Waals surface area contributed by atoms with Gasteiger partial charge in [0.2, 0.25) is 0 Å². The molecule has 0 bridgehead atoms. The zero-order valence-electron chi connectivity index (χ0n) is 8.25. The lowest BCUT2D eigenvalue weighted by atomic mass is 10.2. The van der Waals surface area contributed by atoms with Crippen molar-refractivity contribution in [1.82, 2.24) is 0 Å². The molecule has 0 spiro atoms. The predicted molar refractivity (Wildman–Crippen MR) is 60.1 cm³/mol. The average molecular weight is 193 g/mol. The number of hydrogen-bond donors (Lipinski definition) is 0. The second-order valence-electron chi connectivity index (χ2n) is 3.14. The molecule has 0 saturated carbocycles. The molecule has 1 rings (SSSR count). The van der Waals surface area contributed by atoms with Crippen molar-refractivity contribution in [1.29, 1.82) is 0 Å². The van der Waals surface area contributed by atoms with Gasteiger partial charge in [-0.1, -0.05) is 38.3 Å². The zero-order chi connectivity index (χ0) is 9.36. The summed E-state index contributed by atoms with van der Waals surface area (Å²) in [5.74, 6) is 1.25. The highest BCUT2D eigenvalue weighted by Gasteiger charge is 1.92. The average Bonchev–Trinajstić information content (AvgIpc) is 2.19. The van der Waals surface area contributed by atoms with Gasteiger partial charge in [0.25, 0.3) is 0 Å². The minimum atomic E-state index is 1.25. The molecular formula is C12H17S. The van der Waals surface area contributed by atoms with Crippen molar-refractivity contribution >= 4 is 11.8 Å². The summed E-state index contributed by atoms with van der Waals surface area (Å²) in [6, 6.07) is 11.3. The fraction of sp³-hybridized carbons (Fsp3) is 0.500. The van der Waals surface area contributed by atoms with E-state index in [0.717, 1.165) is 0 Å². The number of hydrogen-bond acceptors (Lipinski definition) is 1. The van der Waals surface area contributed by atoms with Crippen LogP contribution in [0.4, 0.5) is 0 Å². The van der Waals surface area contributed by atoms with Gasteiger partial charge in [-0.3, -0.25) is 0 Å². The molecule has 71 valence electrons. The first kappa shape index (κ1) is 10.6. The van der Waals surface area contributed by atoms with E-state index in [4.69, 9.17) is 0 Å². The van der Waals surface area contributed by atoms with Gasteiger partial charge in [-0.15, -0.1) is 11.8 Å². The van der Waals surface area contributed by atoms with Gasteiger partial charge in [0.15, 0.2) is 0 Å². The third kappa shape index (κ3) is 4.99. The maximum Gasteiger partial charge on any atom is 0.00723 e. The lowest BCUT2D eigenvalue weighted by Crippen LogP contribution is -1.80. The Bertz CT molecular complexity index is 206. The van der Waals surface area contributed by atoms with Crippen LogP contribution in [0.3, 0.4) is 0 Å². The highest BCUT2D eigenvalue weighted by molar-refractivity contribution is 7.99. The molecule has 0 amide bonds. The summed E-state index contributed by atoms with van der Waals surface area (Å²) in [5.41, 5.74) is 0. The lowest BCUT2D eigenvalue weighted by Gasteiger charge is -2.00. The Morgan fingerprint density at radius 1 is 1.15 bits per heavy atom. The molecule has 1 aromatic rings. The van der Waals surface area contributed by atoms with Crippen LogP contribution in [0.1, 0.15) is 32.6 Å². The van der Waals surface area contributed by atoms with Crippen molar-refractivity contribution in [3.8, 4) is 0 Å². The van der Waals surface area contributed by atoms with E-state index in [0.29, 0.717) is 0 Å². The van der Waals surface area contributed by atoms with Gasteiger partial charge in [-0.05, 0) is 30.4 Å². The molecule has 0 aliphatic rings. The summed E-state index contributed by atoms with van der Waals surface area (Å²) in [6.07, 6.45) is 5.42. The van der Waals surface area contributed by atoms with Crippen molar-refractivity contribution in [2.45, 2.75) is 37.5 Å². The molecule has 1 heteroatoms. The Hall–Kier alpha value is -0.430. The minimum Gasteiger partial charge on any atom is -0.126 e. The van der Waals surface area contributed by atoms with E-state index in [1.165, 1.54) is 36.3 Å². The molecule has 0 heterocycles. The molecule has 13 heavy (non-hydrogen) atoms. The molecule has 0 aromatic heterocycles. The fourth-order valence-corrected chi connectivity index (χ4v) is 2.10. The monoisotopic (exact) mass is 193 g/mol. The summed E-state index contributed by atoms with van der Waals surface area (Å²) in [6.45, 7) is 2.25. The molecule has 0 fully saturated rings. The van der Waals surface area contributed by atoms with Gasteiger partial charge in [-0.25, -0.2) is 0 Å². The van der Waals surface area contributed by atoms with E-state index in [9.17, 15) is 0 Å². The molecule has 0 aliphatic carbocycles. The van der Waals surface area contributed by atoms with Crippen LogP contribution in [0.25, 0.3) is 0 Å². The Labute approximate surface area is 85.7 Å². The summed E-state index contributed by atoms with van der Waals surface area (Å²) < 4.78 is 0. The molecule has 1 radical (unpaired) electrons. The molecular weight excluding hydrogens is 176 g/mol. The Morgan fingerprint density at radius 2 is 1.92 bits per heavy atom. The van der Waals surface area contributed by atoms with Crippen LogP contribution < -0.4 is 0 Å². The third-order valence-corrected chi connectivity index (χ3v) is 3.05. The number of benzene rings is 1. The quantitative estimate of drug-likeness (QED) is 0.483. The molecule has 0 atom stereocenters. The first-order valence-corrected chi connectivity index (χ1v) is 6.01. The van der Waals surface area contributed by atoms with Crippen molar-refractivity contribution in [2.24, 2.45) is 0 Å². The Kier molecular flexibility index (Phi) is 5.75. The molecule has 0 N–H and O–H groups in total. The van der Waals surface area contributed by atoms with E-state index in [1.54, 1.807) is 0 Å². The van der Waals surface area contributed by atoms with Crippen molar-refractivity contribution < 1.29 is 0 Å². The molecule has 0 nitrogen and oxygen atoms in total. The van der Waals surface area contributed by atoms with Crippen molar-refractivity contribution in [3.63, 3.8) is 0 Å². The Balaban J connectivity index is 2.07. The standard InChI is InChI=1S/C12H17S/c1-2-3-4-8-11-13-12-9-6-5-7-10-12/h6-7,9-10H,2-4,8,11H2,1H3. The van der Waals surface area contributed by atoms with Crippen molar-refractivity contribution in [3.05, 3.63) is 30.3 Å². The van der Waals surface area contributed by atoms with Crippen LogP contribution in [0.2, 0.25) is 0 Å². The third-order valence-electron chi connectivity index (χ3n) is 1.95. The maximum absolute atomic E-state index is 3.03. The van der Waals surface area contributed by atoms with E-state index in [2.05, 4.69) is 25.1 Å². The van der Waals surface area contributed by atoms with Crippen LogP contribution >= 0.6 is 11.8 Å². The minimum absolute atomic E-state index is 1.25. The van der Waals surface area contributed by atoms with Crippen LogP contribution in [0, 0.1) is 6.07 Å². The van der Waals surface area contributed by atoms with E-state index in [1.807, 2.05) is 23.9 Å². The molecule has 0 saturated heterocycles. The lowest BCUT2D eigenvalue weighted by molar-refractivity contribution is 0.706. The highest BCUT2D eigenvalue weighted by atomic mass is 32.2. The van der Waals surface area contributed by atoms with Gasteiger partial charge in [0.05, 0.1) is 0 Å². The highest BCUT2D eigenvalue weighted by Crippen LogP contribution is 2.18. The Morgan fingerprint density at radius 3 is 2.62 bits per heavy atom. The van der Waals surface area contributed by atoms with E-state index < -0.39 is 0 Å². The van der Waals surface area contributed by atoms with Crippen LogP contribution in [-0.4, -0.2) is 5.75 Å². The van der Waals surface area contributed by atoms with Gasteiger partial charge in [-0.2, -0.15) is 0 Å². The van der Waals surface area contributed by atoms with Crippen LogP contribution in [-0.2, 0) is 0 Å². The first-order chi connectivity index (χ1) is 6.43. The van der Waals surface area contributed by atoms with Gasteiger partial charge in [0, 0.05) is 4.90 Å². The molecule has 0 aliphatic heterocycles. The summed E-state index contributed by atoms with van der Waals surface area (Å²) in [5, 5.41) is 0. The second-order valence-corrected chi connectivity index (χ2v) is 4.31. The smallest absolute Gasteiger partial charge is 0.00723 e. The topological polar surface area (TPSA) is 0 Å². The molecule has 1 aromatic carbocycles. The SMILES string of the molecule is CCCCCCSc1cc[c]cc1. The zero-order valence-corrected chi connectivity index (χ0v) is 9.07. The fourth-order valence-electron chi connectivity index (χ4n) is 1.19. The number of rotatable bonds is 6. The number of unbranched alkanes of at least 4 members (excludes halogenated alkanes) is 3. The summed E-state index contributed by atoms with van der Waals surface area (Å²) in [4.78, 5) is 1.37. The van der Waals surface area contributed by atoms with Gasteiger partial charge in [0.1, 0.15) is 0 Å². The maximum atomic E-state index is 3.03. The van der Waals surface area contributed by atoms with E-state index >= 15 is 0 Å². The molecule has 0 unspecified atom stereocenters.